The Morgan fingerprint density at radius 2 is 2.12 bits per heavy atom. The highest BCUT2D eigenvalue weighted by Gasteiger charge is 2.34. The van der Waals surface area contributed by atoms with Crippen molar-refractivity contribution in [3.8, 4) is 0 Å². The van der Waals surface area contributed by atoms with E-state index in [0.717, 1.165) is 6.42 Å². The van der Waals surface area contributed by atoms with Crippen LogP contribution in [0.2, 0.25) is 0 Å². The maximum atomic E-state index is 10.9. The molecule has 0 radical (unpaired) electrons. The molecule has 17 heavy (non-hydrogen) atoms. The first kappa shape index (κ1) is 12.6. The van der Waals surface area contributed by atoms with Crippen LogP contribution in [-0.2, 0) is 4.74 Å². The largest absolute Gasteiger partial charge is 0.442 e. The van der Waals surface area contributed by atoms with Crippen LogP contribution in [0, 0.1) is 5.92 Å². The van der Waals surface area contributed by atoms with E-state index in [0.29, 0.717) is 12.5 Å². The van der Waals surface area contributed by atoms with E-state index in [1.165, 1.54) is 32.1 Å². The first-order valence-corrected chi connectivity index (χ1v) is 6.55. The van der Waals surface area contributed by atoms with E-state index in [2.05, 4.69) is 5.32 Å². The smallest absolute Gasteiger partial charge is 0.407 e. The lowest BCUT2D eigenvalue weighted by Gasteiger charge is -2.28. The highest BCUT2D eigenvalue weighted by atomic mass is 16.6. The van der Waals surface area contributed by atoms with Gasteiger partial charge in [0.2, 0.25) is 0 Å². The molecule has 2 rings (SSSR count). The van der Waals surface area contributed by atoms with Gasteiger partial charge in [-0.3, -0.25) is 0 Å². The summed E-state index contributed by atoms with van der Waals surface area (Å²) in [7, 11) is 0. The van der Waals surface area contributed by atoms with E-state index in [4.69, 9.17) is 10.5 Å². The lowest BCUT2D eigenvalue weighted by molar-refractivity contribution is 0.0121. The van der Waals surface area contributed by atoms with Gasteiger partial charge in [0.15, 0.2) is 0 Å². The van der Waals surface area contributed by atoms with Crippen molar-refractivity contribution >= 4 is 6.09 Å². The third-order valence-corrected chi connectivity index (χ3v) is 3.86. The van der Waals surface area contributed by atoms with Crippen LogP contribution in [0.25, 0.3) is 0 Å². The zero-order valence-corrected chi connectivity index (χ0v) is 10.1. The molecule has 3 atom stereocenters. The molecule has 0 bridgehead atoms. The molecule has 1 heterocycles. The van der Waals surface area contributed by atoms with Gasteiger partial charge in [-0.25, -0.2) is 4.79 Å². The molecule has 5 nitrogen and oxygen atoms in total. The van der Waals surface area contributed by atoms with Gasteiger partial charge in [-0.05, 0) is 12.3 Å². The number of carbonyl (C=O) groups excluding carboxylic acids is 1. The highest BCUT2D eigenvalue weighted by Crippen LogP contribution is 2.28. The molecule has 1 amide bonds. The first-order valence-electron chi connectivity index (χ1n) is 6.55. The molecule has 1 aliphatic carbocycles. The van der Waals surface area contributed by atoms with Gasteiger partial charge in [0.1, 0.15) is 12.2 Å². The normalized spacial score (nSPS) is 29.5. The molecule has 4 N–H and O–H groups in total. The molecule has 0 spiro atoms. The lowest BCUT2D eigenvalue weighted by Crippen LogP contribution is -2.45. The minimum atomic E-state index is -0.754. The van der Waals surface area contributed by atoms with Gasteiger partial charge in [-0.1, -0.05) is 32.1 Å². The number of cyclic esters (lactones) is 1. The number of aliphatic hydroxyl groups excluding tert-OH is 1. The van der Waals surface area contributed by atoms with E-state index in [1.807, 2.05) is 0 Å². The first-order chi connectivity index (χ1) is 8.16. The van der Waals surface area contributed by atoms with Crippen LogP contribution < -0.4 is 11.1 Å². The Morgan fingerprint density at radius 1 is 1.41 bits per heavy atom. The Bertz CT molecular complexity index is 266. The number of hydrogen-bond donors (Lipinski definition) is 3. The molecule has 1 aliphatic heterocycles. The summed E-state index contributed by atoms with van der Waals surface area (Å²) in [4.78, 5) is 10.9. The highest BCUT2D eigenvalue weighted by molar-refractivity contribution is 5.69. The topological polar surface area (TPSA) is 84.6 Å². The maximum absolute atomic E-state index is 10.9. The number of ether oxygens (including phenoxy) is 1. The second-order valence-corrected chi connectivity index (χ2v) is 5.22. The Hall–Kier alpha value is -0.810. The second kappa shape index (κ2) is 5.69. The van der Waals surface area contributed by atoms with Gasteiger partial charge in [0.25, 0.3) is 0 Å². The average Bonchev–Trinajstić information content (AvgIpc) is 2.76. The number of aliphatic hydroxyl groups is 1. The summed E-state index contributed by atoms with van der Waals surface area (Å²) in [5, 5.41) is 12.6. The standard InChI is InChI=1S/C12H22N2O3/c13-9(6-8-4-2-1-3-5-8)11(15)10-7-14-12(16)17-10/h8-11,15H,1-7,13H2,(H,14,16)/t9-,10-,11?/m0/s1. The molecular weight excluding hydrogens is 220 g/mol. The minimum absolute atomic E-state index is 0.296. The molecule has 1 saturated heterocycles. The summed E-state index contributed by atoms with van der Waals surface area (Å²) in [6, 6.07) is -0.296. The number of carbonyl (C=O) groups is 1. The monoisotopic (exact) mass is 242 g/mol. The van der Waals surface area contributed by atoms with Gasteiger partial charge in [0.05, 0.1) is 6.54 Å². The van der Waals surface area contributed by atoms with Crippen LogP contribution in [0.4, 0.5) is 4.79 Å². The van der Waals surface area contributed by atoms with Crippen molar-refractivity contribution in [1.82, 2.24) is 5.32 Å². The average molecular weight is 242 g/mol. The van der Waals surface area contributed by atoms with Gasteiger partial charge >= 0.3 is 6.09 Å². The van der Waals surface area contributed by atoms with E-state index in [1.54, 1.807) is 0 Å². The molecule has 0 aromatic carbocycles. The molecule has 5 heteroatoms. The molecule has 0 aromatic heterocycles. The van der Waals surface area contributed by atoms with Crippen LogP contribution >= 0.6 is 0 Å². The molecular formula is C12H22N2O3. The van der Waals surface area contributed by atoms with E-state index in [9.17, 15) is 9.90 Å². The SMILES string of the molecule is N[C@@H](CC1CCCCC1)C(O)[C@@H]1CNC(=O)O1. The summed E-state index contributed by atoms with van der Waals surface area (Å²) < 4.78 is 4.95. The number of amides is 1. The maximum Gasteiger partial charge on any atom is 0.407 e. The lowest BCUT2D eigenvalue weighted by atomic mass is 9.83. The molecule has 1 saturated carbocycles. The zero-order chi connectivity index (χ0) is 12.3. The fourth-order valence-corrected chi connectivity index (χ4v) is 2.82. The summed E-state index contributed by atoms with van der Waals surface area (Å²) in [5.41, 5.74) is 6.00. The summed E-state index contributed by atoms with van der Waals surface area (Å²) in [5.74, 6) is 0.624. The summed E-state index contributed by atoms with van der Waals surface area (Å²) in [6.45, 7) is 0.359. The predicted molar refractivity (Wildman–Crippen MR) is 63.4 cm³/mol. The van der Waals surface area contributed by atoms with E-state index in [-0.39, 0.29) is 6.04 Å². The van der Waals surface area contributed by atoms with Crippen molar-refractivity contribution in [2.75, 3.05) is 6.54 Å². The van der Waals surface area contributed by atoms with Gasteiger partial charge < -0.3 is 20.9 Å². The number of alkyl carbamates (subject to hydrolysis) is 1. The fraction of sp³-hybridized carbons (Fsp3) is 0.917. The van der Waals surface area contributed by atoms with Crippen LogP contribution in [-0.4, -0.2) is 36.0 Å². The van der Waals surface area contributed by atoms with Crippen molar-refractivity contribution in [3.63, 3.8) is 0 Å². The van der Waals surface area contributed by atoms with Crippen molar-refractivity contribution in [2.24, 2.45) is 11.7 Å². The Morgan fingerprint density at radius 3 is 2.71 bits per heavy atom. The second-order valence-electron chi connectivity index (χ2n) is 5.22. The van der Waals surface area contributed by atoms with Crippen LogP contribution in [0.3, 0.4) is 0 Å². The predicted octanol–water partition coefficient (Wildman–Crippen LogP) is 0.753. The van der Waals surface area contributed by atoms with Crippen LogP contribution in [0.15, 0.2) is 0 Å². The third-order valence-electron chi connectivity index (χ3n) is 3.86. The van der Waals surface area contributed by atoms with Crippen molar-refractivity contribution < 1.29 is 14.6 Å². The van der Waals surface area contributed by atoms with Crippen LogP contribution in [0.1, 0.15) is 38.5 Å². The number of nitrogens with two attached hydrogens (primary N) is 1. The van der Waals surface area contributed by atoms with Gasteiger partial charge in [-0.2, -0.15) is 0 Å². The van der Waals surface area contributed by atoms with Crippen molar-refractivity contribution in [1.29, 1.82) is 0 Å². The Labute approximate surface area is 102 Å². The number of nitrogens with one attached hydrogen (secondary N) is 1. The molecule has 2 aliphatic rings. The molecule has 98 valence electrons. The van der Waals surface area contributed by atoms with Gasteiger partial charge in [0, 0.05) is 6.04 Å². The molecule has 2 fully saturated rings. The number of rotatable bonds is 4. The van der Waals surface area contributed by atoms with E-state index < -0.39 is 18.3 Å². The fourth-order valence-electron chi connectivity index (χ4n) is 2.82. The minimum Gasteiger partial charge on any atom is -0.442 e. The van der Waals surface area contributed by atoms with Crippen molar-refractivity contribution in [3.05, 3.63) is 0 Å². The number of hydrogen-bond acceptors (Lipinski definition) is 4. The summed E-state index contributed by atoms with van der Waals surface area (Å²) >= 11 is 0. The van der Waals surface area contributed by atoms with Crippen LogP contribution in [0.5, 0.6) is 0 Å². The molecule has 0 aromatic rings. The van der Waals surface area contributed by atoms with Crippen molar-refractivity contribution in [2.45, 2.75) is 56.8 Å². The van der Waals surface area contributed by atoms with Gasteiger partial charge in [-0.15, -0.1) is 0 Å². The summed E-state index contributed by atoms with van der Waals surface area (Å²) in [6.07, 6.45) is 5.41. The third kappa shape index (κ3) is 3.33. The quantitative estimate of drug-likeness (QED) is 0.679. The Balaban J connectivity index is 1.77. The molecule has 1 unspecified atom stereocenters. The van der Waals surface area contributed by atoms with E-state index >= 15 is 0 Å². The zero-order valence-electron chi connectivity index (χ0n) is 10.1. The Kier molecular flexibility index (Phi) is 4.23.